The second-order valence-electron chi connectivity index (χ2n) is 8.14. The normalized spacial score (nSPS) is 17.4. The van der Waals surface area contributed by atoms with Crippen LogP contribution in [0.5, 0.6) is 11.5 Å². The zero-order chi connectivity index (χ0) is 24.7. The number of nitrogens with zero attached hydrogens (tertiary/aromatic N) is 1. The first-order chi connectivity index (χ1) is 16.3. The van der Waals surface area contributed by atoms with Gasteiger partial charge >= 0.3 is 0 Å². The van der Waals surface area contributed by atoms with Crippen molar-refractivity contribution in [2.24, 2.45) is 5.92 Å². The maximum atomic E-state index is 13.0. The SMILES string of the molecule is COc1ccc(S(=O)(=O)N2CCC[C@H](C(=O)N[C@@H](C)C(=O)NCc3ccccc3OC)C2)cc1. The monoisotopic (exact) mass is 489 g/mol. The van der Waals surface area contributed by atoms with E-state index >= 15 is 0 Å². The van der Waals surface area contributed by atoms with Crippen LogP contribution in [-0.2, 0) is 26.2 Å². The molecule has 2 N–H and O–H groups in total. The van der Waals surface area contributed by atoms with Crippen molar-refractivity contribution in [3.05, 3.63) is 54.1 Å². The summed E-state index contributed by atoms with van der Waals surface area (Å²) >= 11 is 0. The molecule has 0 aliphatic carbocycles. The highest BCUT2D eigenvalue weighted by Crippen LogP contribution is 2.25. The van der Waals surface area contributed by atoms with Gasteiger partial charge in [0, 0.05) is 25.2 Å². The number of para-hydroxylation sites is 1. The van der Waals surface area contributed by atoms with Gasteiger partial charge < -0.3 is 20.1 Å². The summed E-state index contributed by atoms with van der Waals surface area (Å²) in [6, 6.07) is 12.7. The summed E-state index contributed by atoms with van der Waals surface area (Å²) in [6.45, 7) is 2.27. The first-order valence-electron chi connectivity index (χ1n) is 11.1. The van der Waals surface area contributed by atoms with Gasteiger partial charge in [0.05, 0.1) is 25.0 Å². The number of rotatable bonds is 9. The number of benzene rings is 2. The molecule has 0 unspecified atom stereocenters. The number of hydrogen-bond donors (Lipinski definition) is 2. The minimum absolute atomic E-state index is 0.0652. The van der Waals surface area contributed by atoms with Crippen molar-refractivity contribution in [1.82, 2.24) is 14.9 Å². The number of nitrogens with one attached hydrogen (secondary N) is 2. The van der Waals surface area contributed by atoms with Gasteiger partial charge in [-0.3, -0.25) is 9.59 Å². The Labute approximate surface area is 200 Å². The summed E-state index contributed by atoms with van der Waals surface area (Å²) in [5.74, 6) is 0.0197. The van der Waals surface area contributed by atoms with Crippen molar-refractivity contribution in [2.45, 2.75) is 37.2 Å². The Kier molecular flexibility index (Phi) is 8.51. The molecule has 3 rings (SSSR count). The molecule has 2 amide bonds. The summed E-state index contributed by atoms with van der Waals surface area (Å²) in [6.07, 6.45) is 1.11. The van der Waals surface area contributed by atoms with Crippen molar-refractivity contribution in [1.29, 1.82) is 0 Å². The molecule has 1 fully saturated rings. The molecule has 2 aromatic carbocycles. The van der Waals surface area contributed by atoms with E-state index in [-0.39, 0.29) is 29.8 Å². The van der Waals surface area contributed by atoms with Gasteiger partial charge in [-0.1, -0.05) is 18.2 Å². The maximum Gasteiger partial charge on any atom is 0.243 e. The highest BCUT2D eigenvalue weighted by atomic mass is 32.2. The molecule has 1 saturated heterocycles. The molecule has 1 heterocycles. The first kappa shape index (κ1) is 25.5. The van der Waals surface area contributed by atoms with E-state index in [9.17, 15) is 18.0 Å². The lowest BCUT2D eigenvalue weighted by atomic mass is 9.98. The van der Waals surface area contributed by atoms with Gasteiger partial charge in [0.2, 0.25) is 21.8 Å². The number of sulfonamides is 1. The fraction of sp³-hybridized carbons (Fsp3) is 0.417. The van der Waals surface area contributed by atoms with Crippen LogP contribution in [0.2, 0.25) is 0 Å². The number of ether oxygens (including phenoxy) is 2. The third-order valence-corrected chi connectivity index (χ3v) is 7.73. The lowest BCUT2D eigenvalue weighted by molar-refractivity contribution is -0.131. The molecule has 1 aliphatic rings. The second-order valence-corrected chi connectivity index (χ2v) is 10.1. The summed E-state index contributed by atoms with van der Waals surface area (Å²) < 4.78 is 37.8. The fourth-order valence-corrected chi connectivity index (χ4v) is 5.38. The van der Waals surface area contributed by atoms with E-state index in [0.29, 0.717) is 30.9 Å². The van der Waals surface area contributed by atoms with Crippen molar-refractivity contribution in [3.8, 4) is 11.5 Å². The molecule has 0 saturated carbocycles. The molecule has 9 nitrogen and oxygen atoms in total. The first-order valence-corrected chi connectivity index (χ1v) is 12.5. The molecule has 0 aromatic heterocycles. The van der Waals surface area contributed by atoms with Gasteiger partial charge in [0.15, 0.2) is 0 Å². The Hall–Kier alpha value is -3.11. The van der Waals surface area contributed by atoms with Crippen molar-refractivity contribution in [2.75, 3.05) is 27.3 Å². The molecule has 0 spiro atoms. The van der Waals surface area contributed by atoms with Gasteiger partial charge in [-0.2, -0.15) is 4.31 Å². The van der Waals surface area contributed by atoms with E-state index in [2.05, 4.69) is 10.6 Å². The van der Waals surface area contributed by atoms with Gasteiger partial charge in [0.25, 0.3) is 0 Å². The topological polar surface area (TPSA) is 114 Å². The van der Waals surface area contributed by atoms with E-state index < -0.39 is 22.0 Å². The Bertz CT molecular complexity index is 1100. The molecule has 2 atom stereocenters. The van der Waals surface area contributed by atoms with E-state index in [4.69, 9.17) is 9.47 Å². The average Bonchev–Trinajstić information content (AvgIpc) is 2.87. The molecule has 2 aromatic rings. The molecule has 0 radical (unpaired) electrons. The average molecular weight is 490 g/mol. The van der Waals surface area contributed by atoms with E-state index in [1.807, 2.05) is 24.3 Å². The summed E-state index contributed by atoms with van der Waals surface area (Å²) in [4.78, 5) is 25.5. The van der Waals surface area contributed by atoms with Crippen LogP contribution < -0.4 is 20.1 Å². The predicted molar refractivity (Wildman–Crippen MR) is 127 cm³/mol. The summed E-state index contributed by atoms with van der Waals surface area (Å²) in [5.41, 5.74) is 0.823. The van der Waals surface area contributed by atoms with E-state index in [1.165, 1.54) is 23.5 Å². The maximum absolute atomic E-state index is 13.0. The summed E-state index contributed by atoms with van der Waals surface area (Å²) in [7, 11) is -0.665. The van der Waals surface area contributed by atoms with Crippen molar-refractivity contribution >= 4 is 21.8 Å². The molecule has 184 valence electrons. The van der Waals surface area contributed by atoms with Crippen LogP contribution in [0.3, 0.4) is 0 Å². The van der Waals surface area contributed by atoms with Crippen LogP contribution in [0.15, 0.2) is 53.4 Å². The quantitative estimate of drug-likeness (QED) is 0.556. The van der Waals surface area contributed by atoms with Gasteiger partial charge in [-0.15, -0.1) is 0 Å². The molecule has 10 heteroatoms. The van der Waals surface area contributed by atoms with E-state index in [0.717, 1.165) is 5.56 Å². The Morgan fingerprint density at radius 1 is 1.09 bits per heavy atom. The zero-order valence-corrected chi connectivity index (χ0v) is 20.4. The van der Waals surface area contributed by atoms with E-state index in [1.54, 1.807) is 26.2 Å². The van der Waals surface area contributed by atoms with Gasteiger partial charge in [-0.05, 0) is 50.1 Å². The van der Waals surface area contributed by atoms with Crippen LogP contribution in [0.25, 0.3) is 0 Å². The zero-order valence-electron chi connectivity index (χ0n) is 19.6. The fourth-order valence-electron chi connectivity index (χ4n) is 3.85. The minimum atomic E-state index is -3.74. The molecule has 1 aliphatic heterocycles. The standard InChI is InChI=1S/C24H31N3O6S/c1-17(23(28)25-15-18-7-4-5-9-22(18)33-3)26-24(29)19-8-6-14-27(16-19)34(30,31)21-12-10-20(32-2)11-13-21/h4-5,7,9-13,17,19H,6,8,14-16H2,1-3H3,(H,25,28)(H,26,29)/t17-,19-/m0/s1. The molecule has 0 bridgehead atoms. The molecular weight excluding hydrogens is 458 g/mol. The highest BCUT2D eigenvalue weighted by Gasteiger charge is 2.34. The predicted octanol–water partition coefficient (Wildman–Crippen LogP) is 1.93. The highest BCUT2D eigenvalue weighted by molar-refractivity contribution is 7.89. The minimum Gasteiger partial charge on any atom is -0.497 e. The molecule has 34 heavy (non-hydrogen) atoms. The lowest BCUT2D eigenvalue weighted by Gasteiger charge is -2.31. The second kappa shape index (κ2) is 11.3. The number of amides is 2. The van der Waals surface area contributed by atoms with Crippen LogP contribution in [-0.4, -0.2) is 57.9 Å². The number of carbonyl (C=O) groups excluding carboxylic acids is 2. The summed E-state index contributed by atoms with van der Waals surface area (Å²) in [5, 5.41) is 5.52. The Morgan fingerprint density at radius 3 is 2.47 bits per heavy atom. The Morgan fingerprint density at radius 2 is 1.79 bits per heavy atom. The smallest absolute Gasteiger partial charge is 0.243 e. The van der Waals surface area contributed by atoms with Crippen LogP contribution in [0.4, 0.5) is 0 Å². The van der Waals surface area contributed by atoms with Crippen LogP contribution in [0, 0.1) is 5.92 Å². The van der Waals surface area contributed by atoms with Crippen LogP contribution in [0.1, 0.15) is 25.3 Å². The number of carbonyl (C=O) groups is 2. The number of piperidine rings is 1. The number of methoxy groups -OCH3 is 2. The number of hydrogen-bond acceptors (Lipinski definition) is 6. The largest absolute Gasteiger partial charge is 0.497 e. The molecular formula is C24H31N3O6S. The van der Waals surface area contributed by atoms with Gasteiger partial charge in [0.1, 0.15) is 17.5 Å². The van der Waals surface area contributed by atoms with Crippen molar-refractivity contribution < 1.29 is 27.5 Å². The van der Waals surface area contributed by atoms with Crippen LogP contribution >= 0.6 is 0 Å². The third-order valence-electron chi connectivity index (χ3n) is 5.85. The Balaban J connectivity index is 1.57. The van der Waals surface area contributed by atoms with Crippen molar-refractivity contribution in [3.63, 3.8) is 0 Å². The van der Waals surface area contributed by atoms with Gasteiger partial charge in [-0.25, -0.2) is 8.42 Å². The lowest BCUT2D eigenvalue weighted by Crippen LogP contribution is -2.50. The third kappa shape index (κ3) is 6.06.